The van der Waals surface area contributed by atoms with Crippen molar-refractivity contribution >= 4 is 49.4 Å². The number of fused-ring (bicyclic) bond motifs is 2. The molecule has 0 saturated carbocycles. The van der Waals surface area contributed by atoms with E-state index in [0.29, 0.717) is 10.6 Å². The molecule has 27 heavy (non-hydrogen) atoms. The minimum absolute atomic E-state index is 0.0533. The second-order valence-corrected chi connectivity index (χ2v) is 6.88. The molecular formula is C17H12N4O5S. The van der Waals surface area contributed by atoms with Crippen LogP contribution in [0.4, 0.5) is 10.8 Å². The molecule has 1 N–H and O–H groups in total. The van der Waals surface area contributed by atoms with Crippen molar-refractivity contribution in [1.82, 2.24) is 9.55 Å². The van der Waals surface area contributed by atoms with Gasteiger partial charge in [-0.15, -0.1) is 0 Å². The number of nitro groups is 1. The smallest absolute Gasteiger partial charge is 0.407 e. The lowest BCUT2D eigenvalue weighted by molar-refractivity contribution is -0.384. The number of aromatic nitrogens is 2. The fraction of sp³-hybridized carbons (Fsp3) is 0.118. The first-order chi connectivity index (χ1) is 12.9. The van der Waals surface area contributed by atoms with Crippen molar-refractivity contribution in [3.63, 3.8) is 0 Å². The molecule has 2 aromatic carbocycles. The number of nitrogens with one attached hydrogen (secondary N) is 1. The van der Waals surface area contributed by atoms with Gasteiger partial charge in [-0.25, -0.2) is 9.78 Å². The molecule has 0 saturated heterocycles. The number of carbonyl (C=O) groups is 1. The van der Waals surface area contributed by atoms with Crippen LogP contribution in [0.2, 0.25) is 0 Å². The van der Waals surface area contributed by atoms with Gasteiger partial charge in [0.2, 0.25) is 5.91 Å². The summed E-state index contributed by atoms with van der Waals surface area (Å²) in [5.41, 5.74) is 1.98. The van der Waals surface area contributed by atoms with Gasteiger partial charge in [0.25, 0.3) is 5.69 Å². The third-order valence-corrected chi connectivity index (χ3v) is 4.97. The van der Waals surface area contributed by atoms with Crippen molar-refractivity contribution < 1.29 is 14.1 Å². The average Bonchev–Trinajstić information content (AvgIpc) is 3.16. The fourth-order valence-corrected chi connectivity index (χ4v) is 3.72. The van der Waals surface area contributed by atoms with Crippen LogP contribution < -0.4 is 11.1 Å². The van der Waals surface area contributed by atoms with Crippen LogP contribution in [-0.2, 0) is 11.3 Å². The summed E-state index contributed by atoms with van der Waals surface area (Å²) in [6, 6.07) is 9.55. The zero-order valence-electron chi connectivity index (χ0n) is 14.0. The van der Waals surface area contributed by atoms with E-state index in [1.165, 1.54) is 23.5 Å². The van der Waals surface area contributed by atoms with Crippen LogP contribution in [0, 0.1) is 17.0 Å². The zero-order chi connectivity index (χ0) is 19.1. The highest BCUT2D eigenvalue weighted by Gasteiger charge is 2.17. The molecule has 10 heteroatoms. The summed E-state index contributed by atoms with van der Waals surface area (Å²) in [6.45, 7) is 1.64. The Morgan fingerprint density at radius 2 is 2.19 bits per heavy atom. The summed E-state index contributed by atoms with van der Waals surface area (Å²) >= 11 is 1.34. The topological polar surface area (TPSA) is 120 Å². The van der Waals surface area contributed by atoms with Crippen LogP contribution in [-0.4, -0.2) is 20.4 Å². The summed E-state index contributed by atoms with van der Waals surface area (Å²) < 4.78 is 7.08. The monoisotopic (exact) mass is 384 g/mol. The number of benzene rings is 2. The van der Waals surface area contributed by atoms with E-state index in [1.54, 1.807) is 0 Å². The Kier molecular flexibility index (Phi) is 3.96. The van der Waals surface area contributed by atoms with Gasteiger partial charge in [0, 0.05) is 6.07 Å². The minimum atomic E-state index is -0.763. The van der Waals surface area contributed by atoms with E-state index < -0.39 is 16.6 Å². The third-order valence-electron chi connectivity index (χ3n) is 4.03. The molecule has 0 fully saturated rings. The van der Waals surface area contributed by atoms with Crippen molar-refractivity contribution in [1.29, 1.82) is 0 Å². The molecule has 1 amide bonds. The predicted octanol–water partition coefficient (Wildman–Crippen LogP) is 3.06. The van der Waals surface area contributed by atoms with E-state index in [1.807, 2.05) is 25.1 Å². The van der Waals surface area contributed by atoms with E-state index in [4.69, 9.17) is 4.42 Å². The maximum Gasteiger partial charge on any atom is 0.420 e. The number of amides is 1. The number of thiazole rings is 1. The lowest BCUT2D eigenvalue weighted by Crippen LogP contribution is -2.24. The molecule has 0 spiro atoms. The van der Waals surface area contributed by atoms with Crippen molar-refractivity contribution in [2.75, 3.05) is 5.32 Å². The van der Waals surface area contributed by atoms with E-state index in [0.717, 1.165) is 26.4 Å². The number of para-hydroxylation sites is 1. The van der Waals surface area contributed by atoms with Crippen molar-refractivity contribution in [3.8, 4) is 0 Å². The Morgan fingerprint density at radius 1 is 1.37 bits per heavy atom. The highest BCUT2D eigenvalue weighted by atomic mass is 32.1. The molecular weight excluding hydrogens is 372 g/mol. The molecule has 136 valence electrons. The second kappa shape index (κ2) is 6.32. The zero-order valence-corrected chi connectivity index (χ0v) is 14.8. The molecule has 0 bridgehead atoms. The first-order valence-corrected chi connectivity index (χ1v) is 8.68. The fourth-order valence-electron chi connectivity index (χ4n) is 2.76. The number of nitrogens with zero attached hydrogens (tertiary/aromatic N) is 3. The molecule has 0 unspecified atom stereocenters. The van der Waals surface area contributed by atoms with E-state index in [9.17, 15) is 19.7 Å². The Balaban J connectivity index is 1.60. The van der Waals surface area contributed by atoms with Crippen molar-refractivity contribution in [3.05, 3.63) is 62.6 Å². The summed E-state index contributed by atoms with van der Waals surface area (Å²) in [5, 5.41) is 13.9. The molecule has 0 aliphatic rings. The van der Waals surface area contributed by atoms with Gasteiger partial charge in [0.15, 0.2) is 10.7 Å². The molecule has 4 aromatic rings. The number of aryl methyl sites for hydroxylation is 1. The predicted molar refractivity (Wildman–Crippen MR) is 100 cm³/mol. The van der Waals surface area contributed by atoms with Gasteiger partial charge in [-0.2, -0.15) is 0 Å². The molecule has 0 atom stereocenters. The first kappa shape index (κ1) is 16.9. The summed E-state index contributed by atoms with van der Waals surface area (Å²) in [4.78, 5) is 39.0. The molecule has 9 nitrogen and oxygen atoms in total. The van der Waals surface area contributed by atoms with Crippen LogP contribution in [0.1, 0.15) is 5.56 Å². The SMILES string of the molecule is Cc1cccc2sc(NC(=O)Cn3c(=O)oc4cc([N+](=O)[O-])ccc43)nc12. The van der Waals surface area contributed by atoms with Crippen molar-refractivity contribution in [2.45, 2.75) is 13.5 Å². The van der Waals surface area contributed by atoms with E-state index >= 15 is 0 Å². The standard InChI is InChI=1S/C17H12N4O5S/c1-9-3-2-4-13-15(9)19-16(27-13)18-14(22)8-20-11-6-5-10(21(24)25)7-12(11)26-17(20)23/h2-7H,8H2,1H3,(H,18,19,22). The maximum atomic E-state index is 12.4. The molecule has 4 rings (SSSR count). The van der Waals surface area contributed by atoms with E-state index in [-0.39, 0.29) is 17.8 Å². The Hall–Kier alpha value is -3.53. The van der Waals surface area contributed by atoms with Crippen LogP contribution in [0.25, 0.3) is 21.3 Å². The number of nitro benzene ring substituents is 1. The number of hydrogen-bond acceptors (Lipinski definition) is 7. The van der Waals surface area contributed by atoms with Gasteiger partial charge in [-0.1, -0.05) is 23.5 Å². The number of rotatable bonds is 4. The number of oxazole rings is 1. The van der Waals surface area contributed by atoms with Crippen LogP contribution in [0.15, 0.2) is 45.6 Å². The van der Waals surface area contributed by atoms with Gasteiger partial charge in [-0.3, -0.25) is 19.5 Å². The number of hydrogen-bond donors (Lipinski definition) is 1. The van der Waals surface area contributed by atoms with Gasteiger partial charge >= 0.3 is 5.76 Å². The average molecular weight is 384 g/mol. The lowest BCUT2D eigenvalue weighted by Gasteiger charge is -2.02. The largest absolute Gasteiger partial charge is 0.420 e. The summed E-state index contributed by atoms with van der Waals surface area (Å²) in [7, 11) is 0. The highest BCUT2D eigenvalue weighted by molar-refractivity contribution is 7.22. The molecule has 0 aliphatic heterocycles. The highest BCUT2D eigenvalue weighted by Crippen LogP contribution is 2.28. The maximum absolute atomic E-state index is 12.4. The summed E-state index contributed by atoms with van der Waals surface area (Å²) in [6.07, 6.45) is 0. The third kappa shape index (κ3) is 3.06. The number of anilines is 1. The molecule has 0 radical (unpaired) electrons. The summed E-state index contributed by atoms with van der Waals surface area (Å²) in [5.74, 6) is -1.21. The minimum Gasteiger partial charge on any atom is -0.407 e. The quantitative estimate of drug-likeness (QED) is 0.426. The second-order valence-electron chi connectivity index (χ2n) is 5.85. The molecule has 2 heterocycles. The van der Waals surface area contributed by atoms with Gasteiger partial charge in [0.05, 0.1) is 26.7 Å². The Bertz CT molecular complexity index is 1270. The molecule has 0 aliphatic carbocycles. The Morgan fingerprint density at radius 3 is 2.93 bits per heavy atom. The number of carbonyl (C=O) groups excluding carboxylic acids is 1. The van der Waals surface area contributed by atoms with Crippen LogP contribution in [0.5, 0.6) is 0 Å². The van der Waals surface area contributed by atoms with Crippen LogP contribution >= 0.6 is 11.3 Å². The van der Waals surface area contributed by atoms with Gasteiger partial charge in [0.1, 0.15) is 6.54 Å². The van der Waals surface area contributed by atoms with Crippen molar-refractivity contribution in [2.24, 2.45) is 0 Å². The van der Waals surface area contributed by atoms with Crippen LogP contribution in [0.3, 0.4) is 0 Å². The van der Waals surface area contributed by atoms with Gasteiger partial charge in [-0.05, 0) is 24.6 Å². The lowest BCUT2D eigenvalue weighted by atomic mass is 10.2. The van der Waals surface area contributed by atoms with Gasteiger partial charge < -0.3 is 9.73 Å². The normalized spacial score (nSPS) is 11.1. The molecule has 2 aromatic heterocycles. The number of non-ortho nitro benzene ring substituents is 1. The van der Waals surface area contributed by atoms with E-state index in [2.05, 4.69) is 10.3 Å². The first-order valence-electron chi connectivity index (χ1n) is 7.86. The Labute approximate surface area is 155 Å².